The molecule has 1 N–H and O–H groups in total. The first kappa shape index (κ1) is 19.7. The van der Waals surface area contributed by atoms with Crippen molar-refractivity contribution >= 4 is 5.91 Å². The van der Waals surface area contributed by atoms with Crippen LogP contribution in [0.4, 0.5) is 8.78 Å². The van der Waals surface area contributed by atoms with Crippen molar-refractivity contribution in [2.75, 3.05) is 19.8 Å². The number of para-hydroxylation sites is 2. The van der Waals surface area contributed by atoms with Crippen LogP contribution in [0.1, 0.15) is 32.1 Å². The van der Waals surface area contributed by atoms with Gasteiger partial charge in [-0.2, -0.15) is 8.78 Å². The number of nitrogens with zero attached hydrogens (tertiary/aromatic N) is 2. The van der Waals surface area contributed by atoms with Crippen LogP contribution in [0.3, 0.4) is 0 Å². The standard InChI is InChI=1S/C18H23F2N3O3/c1-2-25-14-6-3-4-7-15(14)26-13-5-8-17(24)22-10-9-16-21-11-12-23(16)18(19)20/h3-4,6-7,11-12,18H,2,5,8-10,13H2,1H3,(H,22,24). The Bertz CT molecular complexity index is 692. The Morgan fingerprint density at radius 1 is 1.27 bits per heavy atom. The summed E-state index contributed by atoms with van der Waals surface area (Å²) in [7, 11) is 0. The van der Waals surface area contributed by atoms with Crippen LogP contribution >= 0.6 is 0 Å². The molecule has 0 atom stereocenters. The average Bonchev–Trinajstić information content (AvgIpc) is 3.09. The lowest BCUT2D eigenvalue weighted by Crippen LogP contribution is -2.26. The van der Waals surface area contributed by atoms with Gasteiger partial charge in [-0.1, -0.05) is 12.1 Å². The third-order valence-corrected chi connectivity index (χ3v) is 3.58. The largest absolute Gasteiger partial charge is 0.490 e. The Kier molecular flexibility index (Phi) is 7.85. The topological polar surface area (TPSA) is 65.4 Å². The molecule has 0 spiro atoms. The number of aromatic nitrogens is 2. The van der Waals surface area contributed by atoms with Gasteiger partial charge in [0, 0.05) is 31.8 Å². The molecule has 1 aromatic heterocycles. The van der Waals surface area contributed by atoms with E-state index in [0.717, 1.165) is 4.57 Å². The predicted octanol–water partition coefficient (Wildman–Crippen LogP) is 3.19. The van der Waals surface area contributed by atoms with Crippen LogP contribution in [0.25, 0.3) is 0 Å². The summed E-state index contributed by atoms with van der Waals surface area (Å²) < 4.78 is 37.3. The third kappa shape index (κ3) is 6.02. The summed E-state index contributed by atoms with van der Waals surface area (Å²) in [4.78, 5) is 15.7. The number of imidazole rings is 1. The maximum absolute atomic E-state index is 12.7. The summed E-state index contributed by atoms with van der Waals surface area (Å²) in [5.74, 6) is 1.42. The highest BCUT2D eigenvalue weighted by molar-refractivity contribution is 5.75. The number of amides is 1. The minimum atomic E-state index is -2.63. The van der Waals surface area contributed by atoms with E-state index < -0.39 is 6.55 Å². The van der Waals surface area contributed by atoms with Crippen LogP contribution < -0.4 is 14.8 Å². The van der Waals surface area contributed by atoms with Crippen molar-refractivity contribution in [3.63, 3.8) is 0 Å². The van der Waals surface area contributed by atoms with Gasteiger partial charge in [-0.3, -0.25) is 9.36 Å². The monoisotopic (exact) mass is 367 g/mol. The number of halogens is 2. The molecule has 26 heavy (non-hydrogen) atoms. The first-order chi connectivity index (χ1) is 12.6. The van der Waals surface area contributed by atoms with Crippen LogP contribution in [0, 0.1) is 0 Å². The number of benzene rings is 1. The number of hydrogen-bond donors (Lipinski definition) is 1. The highest BCUT2D eigenvalue weighted by atomic mass is 19.3. The SMILES string of the molecule is CCOc1ccccc1OCCCC(=O)NCCc1nccn1C(F)F. The number of carbonyl (C=O) groups excluding carboxylic acids is 1. The Labute approximate surface area is 151 Å². The third-order valence-electron chi connectivity index (χ3n) is 3.58. The van der Waals surface area contributed by atoms with Crippen molar-refractivity contribution in [1.29, 1.82) is 0 Å². The van der Waals surface area contributed by atoms with Crippen molar-refractivity contribution in [3.8, 4) is 11.5 Å². The van der Waals surface area contributed by atoms with Gasteiger partial charge in [-0.25, -0.2) is 4.98 Å². The number of rotatable bonds is 11. The number of alkyl halides is 2. The maximum atomic E-state index is 12.7. The molecular formula is C18H23F2N3O3. The lowest BCUT2D eigenvalue weighted by molar-refractivity contribution is -0.121. The van der Waals surface area contributed by atoms with Crippen LogP contribution in [-0.2, 0) is 11.2 Å². The van der Waals surface area contributed by atoms with E-state index in [1.54, 1.807) is 0 Å². The smallest absolute Gasteiger partial charge is 0.319 e. The molecule has 8 heteroatoms. The van der Waals surface area contributed by atoms with E-state index >= 15 is 0 Å². The summed E-state index contributed by atoms with van der Waals surface area (Å²) >= 11 is 0. The Morgan fingerprint density at radius 2 is 2.00 bits per heavy atom. The maximum Gasteiger partial charge on any atom is 0.319 e. The molecule has 0 aliphatic heterocycles. The van der Waals surface area contributed by atoms with Gasteiger partial charge in [0.25, 0.3) is 0 Å². The minimum Gasteiger partial charge on any atom is -0.490 e. The van der Waals surface area contributed by atoms with E-state index in [-0.39, 0.29) is 24.7 Å². The van der Waals surface area contributed by atoms with Crippen molar-refractivity contribution < 1.29 is 23.0 Å². The molecule has 0 unspecified atom stereocenters. The van der Waals surface area contributed by atoms with E-state index in [1.165, 1.54) is 12.4 Å². The van der Waals surface area contributed by atoms with E-state index in [2.05, 4.69) is 10.3 Å². The van der Waals surface area contributed by atoms with Gasteiger partial charge in [0.1, 0.15) is 5.82 Å². The molecule has 1 amide bonds. The number of carbonyl (C=O) groups is 1. The Morgan fingerprint density at radius 3 is 2.69 bits per heavy atom. The highest BCUT2D eigenvalue weighted by Gasteiger charge is 2.11. The lowest BCUT2D eigenvalue weighted by Gasteiger charge is -2.11. The minimum absolute atomic E-state index is 0.151. The van der Waals surface area contributed by atoms with E-state index in [0.29, 0.717) is 37.6 Å². The fourth-order valence-electron chi connectivity index (χ4n) is 2.38. The second-order valence-electron chi connectivity index (χ2n) is 5.46. The van der Waals surface area contributed by atoms with E-state index in [9.17, 15) is 13.6 Å². The van der Waals surface area contributed by atoms with Gasteiger partial charge in [-0.15, -0.1) is 0 Å². The average molecular weight is 367 g/mol. The molecular weight excluding hydrogens is 344 g/mol. The molecule has 0 aliphatic carbocycles. The number of nitrogens with one attached hydrogen (secondary N) is 1. The molecule has 2 rings (SSSR count). The fourth-order valence-corrected chi connectivity index (χ4v) is 2.38. The summed E-state index contributed by atoms with van der Waals surface area (Å²) in [6.07, 6.45) is 3.62. The van der Waals surface area contributed by atoms with E-state index in [1.807, 2.05) is 31.2 Å². The normalized spacial score (nSPS) is 10.8. The van der Waals surface area contributed by atoms with Gasteiger partial charge in [0.05, 0.1) is 13.2 Å². The Balaban J connectivity index is 1.64. The van der Waals surface area contributed by atoms with Gasteiger partial charge < -0.3 is 14.8 Å². The second kappa shape index (κ2) is 10.4. The first-order valence-electron chi connectivity index (χ1n) is 8.53. The molecule has 2 aromatic rings. The Hall–Kier alpha value is -2.64. The molecule has 0 radical (unpaired) electrons. The molecule has 0 aliphatic rings. The molecule has 0 saturated heterocycles. The van der Waals surface area contributed by atoms with Gasteiger partial charge in [0.15, 0.2) is 11.5 Å². The summed E-state index contributed by atoms with van der Waals surface area (Å²) in [5.41, 5.74) is 0. The lowest BCUT2D eigenvalue weighted by atomic mass is 10.3. The molecule has 1 heterocycles. The zero-order valence-corrected chi connectivity index (χ0v) is 14.7. The zero-order chi connectivity index (χ0) is 18.8. The summed E-state index contributed by atoms with van der Waals surface area (Å²) in [5, 5.41) is 2.70. The summed E-state index contributed by atoms with van der Waals surface area (Å²) in [6.45, 7) is 0.464. The second-order valence-corrected chi connectivity index (χ2v) is 5.46. The molecule has 0 bridgehead atoms. The van der Waals surface area contributed by atoms with Crippen LogP contribution in [0.15, 0.2) is 36.7 Å². The number of ether oxygens (including phenoxy) is 2. The van der Waals surface area contributed by atoms with Crippen LogP contribution in [0.2, 0.25) is 0 Å². The van der Waals surface area contributed by atoms with Crippen molar-refractivity contribution in [1.82, 2.24) is 14.9 Å². The van der Waals surface area contributed by atoms with Crippen molar-refractivity contribution in [2.24, 2.45) is 0 Å². The van der Waals surface area contributed by atoms with E-state index in [4.69, 9.17) is 9.47 Å². The molecule has 142 valence electrons. The zero-order valence-electron chi connectivity index (χ0n) is 14.7. The van der Waals surface area contributed by atoms with Crippen LogP contribution in [0.5, 0.6) is 11.5 Å². The van der Waals surface area contributed by atoms with Crippen LogP contribution in [-0.4, -0.2) is 35.2 Å². The first-order valence-corrected chi connectivity index (χ1v) is 8.53. The quantitative estimate of drug-likeness (QED) is 0.620. The molecule has 1 aromatic carbocycles. The van der Waals surface area contributed by atoms with Crippen molar-refractivity contribution in [3.05, 3.63) is 42.5 Å². The van der Waals surface area contributed by atoms with Gasteiger partial charge in [-0.05, 0) is 25.5 Å². The highest BCUT2D eigenvalue weighted by Crippen LogP contribution is 2.26. The molecule has 6 nitrogen and oxygen atoms in total. The summed E-state index contributed by atoms with van der Waals surface area (Å²) in [6, 6.07) is 7.36. The van der Waals surface area contributed by atoms with Gasteiger partial charge >= 0.3 is 6.55 Å². The molecule has 0 fully saturated rings. The predicted molar refractivity (Wildman–Crippen MR) is 92.5 cm³/mol. The van der Waals surface area contributed by atoms with Crippen molar-refractivity contribution in [2.45, 2.75) is 32.7 Å². The fraction of sp³-hybridized carbons (Fsp3) is 0.444. The van der Waals surface area contributed by atoms with Gasteiger partial charge in [0.2, 0.25) is 5.91 Å². The number of hydrogen-bond acceptors (Lipinski definition) is 4. The molecule has 0 saturated carbocycles.